The van der Waals surface area contributed by atoms with Crippen molar-refractivity contribution in [2.45, 2.75) is 31.8 Å². The van der Waals surface area contributed by atoms with Crippen LogP contribution in [-0.2, 0) is 11.2 Å². The van der Waals surface area contributed by atoms with Crippen LogP contribution in [0.3, 0.4) is 0 Å². The first-order valence-electron chi connectivity index (χ1n) is 6.91. The summed E-state index contributed by atoms with van der Waals surface area (Å²) in [4.78, 5) is 14.6. The number of nitrogens with zero attached hydrogens (tertiary/aromatic N) is 1. The Bertz CT molecular complexity index is 491. The molecule has 3 rings (SSSR count). The Morgan fingerprint density at radius 2 is 2.32 bits per heavy atom. The molecule has 1 aromatic carbocycles. The number of rotatable bonds is 2. The molecule has 2 fully saturated rings. The van der Waals surface area contributed by atoms with Gasteiger partial charge < -0.3 is 10.2 Å². The summed E-state index contributed by atoms with van der Waals surface area (Å²) >= 11 is 5.97. The molecule has 102 valence electrons. The zero-order valence-corrected chi connectivity index (χ0v) is 11.9. The number of hydrogen-bond donors (Lipinski definition) is 1. The van der Waals surface area contributed by atoms with E-state index in [1.54, 1.807) is 0 Å². The second-order valence-corrected chi connectivity index (χ2v) is 6.11. The van der Waals surface area contributed by atoms with Crippen molar-refractivity contribution in [1.82, 2.24) is 10.2 Å². The smallest absolute Gasteiger partial charge is 0.227 e. The van der Waals surface area contributed by atoms with Crippen molar-refractivity contribution in [2.24, 2.45) is 5.92 Å². The minimum atomic E-state index is 0.228. The van der Waals surface area contributed by atoms with E-state index in [1.807, 2.05) is 24.3 Å². The lowest BCUT2D eigenvalue weighted by atomic mass is 10.0. The molecular formula is C15H19ClN2O. The summed E-state index contributed by atoms with van der Waals surface area (Å²) < 4.78 is 0. The first-order chi connectivity index (χ1) is 9.15. The Morgan fingerprint density at radius 3 is 3.11 bits per heavy atom. The van der Waals surface area contributed by atoms with Gasteiger partial charge in [0.2, 0.25) is 5.91 Å². The largest absolute Gasteiger partial charge is 0.335 e. The molecule has 2 saturated heterocycles. The Kier molecular flexibility index (Phi) is 3.50. The van der Waals surface area contributed by atoms with Crippen LogP contribution in [0, 0.1) is 5.92 Å². The van der Waals surface area contributed by atoms with Gasteiger partial charge in [-0.05, 0) is 37.0 Å². The van der Waals surface area contributed by atoms with E-state index < -0.39 is 0 Å². The van der Waals surface area contributed by atoms with Crippen LogP contribution in [0.2, 0.25) is 5.02 Å². The van der Waals surface area contributed by atoms with E-state index in [9.17, 15) is 4.79 Å². The number of carbonyl (C=O) groups excluding carboxylic acids is 1. The number of likely N-dealkylation sites (tertiary alicyclic amines) is 1. The minimum Gasteiger partial charge on any atom is -0.335 e. The second kappa shape index (κ2) is 5.14. The Labute approximate surface area is 118 Å². The predicted molar refractivity (Wildman–Crippen MR) is 76.2 cm³/mol. The fraction of sp³-hybridized carbons (Fsp3) is 0.533. The van der Waals surface area contributed by atoms with Crippen LogP contribution in [-0.4, -0.2) is 36.0 Å². The van der Waals surface area contributed by atoms with E-state index in [0.717, 1.165) is 25.1 Å². The van der Waals surface area contributed by atoms with Gasteiger partial charge >= 0.3 is 0 Å². The maximum Gasteiger partial charge on any atom is 0.227 e. The van der Waals surface area contributed by atoms with Crippen LogP contribution in [0.25, 0.3) is 0 Å². The highest BCUT2D eigenvalue weighted by molar-refractivity contribution is 6.30. The monoisotopic (exact) mass is 278 g/mol. The van der Waals surface area contributed by atoms with Crippen LogP contribution in [0.5, 0.6) is 0 Å². The highest BCUT2D eigenvalue weighted by Gasteiger charge is 2.43. The maximum atomic E-state index is 12.5. The zero-order valence-electron chi connectivity index (χ0n) is 11.1. The molecule has 0 radical (unpaired) electrons. The summed E-state index contributed by atoms with van der Waals surface area (Å²) in [5.41, 5.74) is 0.999. The molecule has 2 aliphatic heterocycles. The number of nitrogens with one attached hydrogen (secondary N) is 1. The normalized spacial score (nSPS) is 29.6. The maximum absolute atomic E-state index is 12.5. The highest BCUT2D eigenvalue weighted by Crippen LogP contribution is 2.32. The summed E-state index contributed by atoms with van der Waals surface area (Å²) in [6.45, 7) is 4.15. The van der Waals surface area contributed by atoms with Gasteiger partial charge in [0.1, 0.15) is 0 Å². The number of amides is 1. The van der Waals surface area contributed by atoms with Gasteiger partial charge in [0.05, 0.1) is 6.42 Å². The SMILES string of the molecule is CC1CC2CNCC2N1C(=O)Cc1cccc(Cl)c1. The Balaban J connectivity index is 1.73. The predicted octanol–water partition coefficient (Wildman–Crippen LogP) is 2.09. The summed E-state index contributed by atoms with van der Waals surface area (Å²) in [5.74, 6) is 0.865. The lowest BCUT2D eigenvalue weighted by Crippen LogP contribution is -2.43. The molecule has 19 heavy (non-hydrogen) atoms. The third-order valence-corrected chi connectivity index (χ3v) is 4.55. The Morgan fingerprint density at radius 1 is 1.47 bits per heavy atom. The van der Waals surface area contributed by atoms with Gasteiger partial charge in [-0.15, -0.1) is 0 Å². The first kappa shape index (κ1) is 12.9. The van der Waals surface area contributed by atoms with Gasteiger partial charge in [-0.2, -0.15) is 0 Å². The van der Waals surface area contributed by atoms with Crippen LogP contribution < -0.4 is 5.32 Å². The molecule has 1 aromatic rings. The van der Waals surface area contributed by atoms with Crippen LogP contribution >= 0.6 is 11.6 Å². The number of carbonyl (C=O) groups is 1. The fourth-order valence-electron chi connectivity index (χ4n) is 3.51. The lowest BCUT2D eigenvalue weighted by Gasteiger charge is -2.27. The highest BCUT2D eigenvalue weighted by atomic mass is 35.5. The molecule has 0 aliphatic carbocycles. The van der Waals surface area contributed by atoms with Crippen LogP contribution in [0.4, 0.5) is 0 Å². The number of fused-ring (bicyclic) bond motifs is 1. The topological polar surface area (TPSA) is 32.3 Å². The number of halogens is 1. The summed E-state index contributed by atoms with van der Waals surface area (Å²) in [5, 5.41) is 4.08. The lowest BCUT2D eigenvalue weighted by molar-refractivity contribution is -0.133. The molecule has 0 aromatic heterocycles. The van der Waals surface area contributed by atoms with E-state index in [0.29, 0.717) is 29.4 Å². The van der Waals surface area contributed by atoms with Gasteiger partial charge in [0.25, 0.3) is 0 Å². The van der Waals surface area contributed by atoms with Crippen molar-refractivity contribution < 1.29 is 4.79 Å². The van der Waals surface area contributed by atoms with Crippen molar-refractivity contribution in [3.05, 3.63) is 34.9 Å². The van der Waals surface area contributed by atoms with Crippen LogP contribution in [0.1, 0.15) is 18.9 Å². The van der Waals surface area contributed by atoms with Crippen molar-refractivity contribution in [3.63, 3.8) is 0 Å². The average molecular weight is 279 g/mol. The quantitative estimate of drug-likeness (QED) is 0.898. The standard InChI is InChI=1S/C15H19ClN2O/c1-10-5-12-8-17-9-14(12)18(10)15(19)7-11-3-2-4-13(16)6-11/h2-4,6,10,12,14,17H,5,7-9H2,1H3. The van der Waals surface area contributed by atoms with E-state index in [-0.39, 0.29) is 5.91 Å². The van der Waals surface area contributed by atoms with E-state index in [1.165, 1.54) is 0 Å². The molecule has 2 aliphatic rings. The molecule has 0 bridgehead atoms. The van der Waals surface area contributed by atoms with Gasteiger partial charge in [0.15, 0.2) is 0 Å². The van der Waals surface area contributed by atoms with Crippen molar-refractivity contribution >= 4 is 17.5 Å². The number of benzene rings is 1. The Hall–Kier alpha value is -1.06. The fourth-order valence-corrected chi connectivity index (χ4v) is 3.72. The first-order valence-corrected chi connectivity index (χ1v) is 7.29. The minimum absolute atomic E-state index is 0.228. The van der Waals surface area contributed by atoms with Gasteiger partial charge in [-0.25, -0.2) is 0 Å². The molecule has 4 heteroatoms. The molecule has 1 N–H and O–H groups in total. The second-order valence-electron chi connectivity index (χ2n) is 5.68. The van der Waals surface area contributed by atoms with Crippen molar-refractivity contribution in [3.8, 4) is 0 Å². The van der Waals surface area contributed by atoms with Gasteiger partial charge in [-0.1, -0.05) is 23.7 Å². The molecule has 0 saturated carbocycles. The van der Waals surface area contributed by atoms with Gasteiger partial charge in [0, 0.05) is 30.2 Å². The van der Waals surface area contributed by atoms with Crippen molar-refractivity contribution in [1.29, 1.82) is 0 Å². The average Bonchev–Trinajstić information content (AvgIpc) is 2.88. The molecule has 2 heterocycles. The molecular weight excluding hydrogens is 260 g/mol. The zero-order chi connectivity index (χ0) is 13.4. The van der Waals surface area contributed by atoms with E-state index >= 15 is 0 Å². The van der Waals surface area contributed by atoms with Crippen molar-refractivity contribution in [2.75, 3.05) is 13.1 Å². The summed E-state index contributed by atoms with van der Waals surface area (Å²) in [7, 11) is 0. The molecule has 3 nitrogen and oxygen atoms in total. The van der Waals surface area contributed by atoms with E-state index in [4.69, 9.17) is 11.6 Å². The van der Waals surface area contributed by atoms with E-state index in [2.05, 4.69) is 17.1 Å². The molecule has 0 spiro atoms. The summed E-state index contributed by atoms with van der Waals surface area (Å²) in [6, 6.07) is 8.34. The van der Waals surface area contributed by atoms with Crippen LogP contribution in [0.15, 0.2) is 24.3 Å². The molecule has 1 amide bonds. The van der Waals surface area contributed by atoms with Gasteiger partial charge in [-0.3, -0.25) is 4.79 Å². The third kappa shape index (κ3) is 2.49. The third-order valence-electron chi connectivity index (χ3n) is 4.31. The number of hydrogen-bond acceptors (Lipinski definition) is 2. The molecule has 3 atom stereocenters. The molecule has 3 unspecified atom stereocenters. The summed E-state index contributed by atoms with van der Waals surface area (Å²) in [6.07, 6.45) is 1.58.